The number of amides is 1. The van der Waals surface area contributed by atoms with E-state index in [4.69, 9.17) is 21.5 Å². The molecule has 0 aliphatic heterocycles. The summed E-state index contributed by atoms with van der Waals surface area (Å²) in [5, 5.41) is 14.5. The van der Waals surface area contributed by atoms with Crippen molar-refractivity contribution in [3.05, 3.63) is 83.5 Å². The topological polar surface area (TPSA) is 89.3 Å². The number of carbonyl (C=O) groups is 1. The standard InChI is InChI=1S/C24H21ClN4O2S/c1-31-19-8-6-17(7-9-19)28-23-13-20-16(14-27-23)10-18(12-22(20)32-26)29-24(30)11-15-4-2-3-5-21(15)25/h2-10,12-14H,11,26H2,1H3,(H,27,28)(H,29,30). The van der Waals surface area contributed by atoms with Gasteiger partial charge in [0.25, 0.3) is 0 Å². The molecule has 8 heteroatoms. The maximum Gasteiger partial charge on any atom is 0.228 e. The van der Waals surface area contributed by atoms with Gasteiger partial charge in [-0.05, 0) is 66.0 Å². The molecule has 0 aliphatic rings. The van der Waals surface area contributed by atoms with Crippen LogP contribution < -0.4 is 20.5 Å². The second-order valence-electron chi connectivity index (χ2n) is 7.05. The van der Waals surface area contributed by atoms with E-state index in [2.05, 4.69) is 15.6 Å². The van der Waals surface area contributed by atoms with Gasteiger partial charge < -0.3 is 15.4 Å². The van der Waals surface area contributed by atoms with Gasteiger partial charge in [-0.2, -0.15) is 0 Å². The maximum atomic E-state index is 12.5. The van der Waals surface area contributed by atoms with Crippen LogP contribution in [0.4, 0.5) is 17.2 Å². The third kappa shape index (κ3) is 5.13. The zero-order valence-electron chi connectivity index (χ0n) is 17.3. The maximum absolute atomic E-state index is 12.5. The van der Waals surface area contributed by atoms with Gasteiger partial charge in [-0.25, -0.2) is 4.98 Å². The van der Waals surface area contributed by atoms with Gasteiger partial charge in [-0.1, -0.05) is 29.8 Å². The van der Waals surface area contributed by atoms with Gasteiger partial charge in [0, 0.05) is 38.3 Å². The summed E-state index contributed by atoms with van der Waals surface area (Å²) in [7, 11) is 1.63. The van der Waals surface area contributed by atoms with E-state index in [-0.39, 0.29) is 12.3 Å². The molecule has 0 spiro atoms. The van der Waals surface area contributed by atoms with Crippen molar-refractivity contribution >= 4 is 57.4 Å². The first-order chi connectivity index (χ1) is 15.6. The number of halogens is 1. The van der Waals surface area contributed by atoms with Crippen molar-refractivity contribution in [2.24, 2.45) is 5.14 Å². The van der Waals surface area contributed by atoms with Crippen LogP contribution in [-0.4, -0.2) is 18.0 Å². The number of nitrogens with zero attached hydrogens (tertiary/aromatic N) is 1. The first-order valence-electron chi connectivity index (χ1n) is 9.80. The summed E-state index contributed by atoms with van der Waals surface area (Å²) in [5.74, 6) is 1.32. The minimum Gasteiger partial charge on any atom is -0.497 e. The minimum absolute atomic E-state index is 0.156. The Labute approximate surface area is 195 Å². The fraction of sp³-hybridized carbons (Fsp3) is 0.0833. The number of benzene rings is 3. The second-order valence-corrected chi connectivity index (χ2v) is 8.14. The highest BCUT2D eigenvalue weighted by Crippen LogP contribution is 2.31. The SMILES string of the molecule is COc1ccc(Nc2cc3c(SN)cc(NC(=O)Cc4ccccc4Cl)cc3cn2)cc1. The van der Waals surface area contributed by atoms with Crippen LogP contribution in [0.5, 0.6) is 5.75 Å². The Morgan fingerprint density at radius 3 is 2.59 bits per heavy atom. The zero-order chi connectivity index (χ0) is 22.5. The average molecular weight is 465 g/mol. The van der Waals surface area contributed by atoms with E-state index in [1.807, 2.05) is 60.7 Å². The van der Waals surface area contributed by atoms with Crippen LogP contribution in [0.25, 0.3) is 10.8 Å². The van der Waals surface area contributed by atoms with E-state index in [0.717, 1.165) is 44.6 Å². The number of hydrogen-bond acceptors (Lipinski definition) is 6. The van der Waals surface area contributed by atoms with Gasteiger partial charge in [0.05, 0.1) is 13.5 Å². The number of rotatable bonds is 7. The zero-order valence-corrected chi connectivity index (χ0v) is 18.8. The molecular formula is C24H21ClN4O2S. The number of hydrogen-bond donors (Lipinski definition) is 3. The van der Waals surface area contributed by atoms with Crippen LogP contribution in [0, 0.1) is 0 Å². The molecule has 162 valence electrons. The molecule has 0 unspecified atom stereocenters. The molecule has 0 saturated heterocycles. The minimum atomic E-state index is -0.156. The highest BCUT2D eigenvalue weighted by Gasteiger charge is 2.11. The molecule has 0 radical (unpaired) electrons. The van der Waals surface area contributed by atoms with Crippen LogP contribution in [-0.2, 0) is 11.2 Å². The van der Waals surface area contributed by atoms with E-state index in [1.165, 1.54) is 0 Å². The number of aromatic nitrogens is 1. The summed E-state index contributed by atoms with van der Waals surface area (Å²) in [6.45, 7) is 0. The fourth-order valence-electron chi connectivity index (χ4n) is 3.30. The first-order valence-corrected chi connectivity index (χ1v) is 11.1. The van der Waals surface area contributed by atoms with Gasteiger partial charge in [0.15, 0.2) is 0 Å². The average Bonchev–Trinajstić information content (AvgIpc) is 2.80. The molecule has 0 bridgehead atoms. The van der Waals surface area contributed by atoms with E-state index < -0.39 is 0 Å². The van der Waals surface area contributed by atoms with Gasteiger partial charge in [0.2, 0.25) is 5.91 Å². The predicted octanol–water partition coefficient (Wildman–Crippen LogP) is 5.79. The van der Waals surface area contributed by atoms with Crippen LogP contribution >= 0.6 is 23.5 Å². The number of fused-ring (bicyclic) bond motifs is 1. The van der Waals surface area contributed by atoms with E-state index >= 15 is 0 Å². The molecule has 1 heterocycles. The molecule has 4 N–H and O–H groups in total. The monoisotopic (exact) mass is 464 g/mol. The number of anilines is 3. The number of carbonyl (C=O) groups excluding carboxylic acids is 1. The van der Waals surface area contributed by atoms with Crippen molar-refractivity contribution in [1.82, 2.24) is 4.98 Å². The normalized spacial score (nSPS) is 10.7. The first kappa shape index (κ1) is 22.0. The lowest BCUT2D eigenvalue weighted by Gasteiger charge is -2.12. The van der Waals surface area contributed by atoms with Gasteiger partial charge >= 0.3 is 0 Å². The highest BCUT2D eigenvalue weighted by molar-refractivity contribution is 7.97. The summed E-state index contributed by atoms with van der Waals surface area (Å²) in [6.07, 6.45) is 1.94. The van der Waals surface area contributed by atoms with Crippen molar-refractivity contribution in [3.8, 4) is 5.75 Å². The summed E-state index contributed by atoms with van der Waals surface area (Å²) < 4.78 is 5.19. The lowest BCUT2D eigenvalue weighted by atomic mass is 10.1. The smallest absolute Gasteiger partial charge is 0.228 e. The molecule has 4 rings (SSSR count). The molecule has 1 amide bonds. The van der Waals surface area contributed by atoms with E-state index in [1.54, 1.807) is 19.4 Å². The van der Waals surface area contributed by atoms with Crippen LogP contribution in [0.2, 0.25) is 5.02 Å². The second kappa shape index (κ2) is 9.91. The number of nitrogens with two attached hydrogens (primary N) is 1. The molecule has 1 aromatic heterocycles. The predicted molar refractivity (Wildman–Crippen MR) is 132 cm³/mol. The van der Waals surface area contributed by atoms with Crippen LogP contribution in [0.1, 0.15) is 5.56 Å². The molecular weight excluding hydrogens is 444 g/mol. The van der Waals surface area contributed by atoms with Gasteiger partial charge in [0.1, 0.15) is 11.6 Å². The molecule has 3 aromatic carbocycles. The largest absolute Gasteiger partial charge is 0.497 e. The Hall–Kier alpha value is -3.26. The number of ether oxygens (including phenoxy) is 1. The summed E-state index contributed by atoms with van der Waals surface area (Å²) in [5.41, 5.74) is 2.32. The Morgan fingerprint density at radius 2 is 1.88 bits per heavy atom. The Bertz CT molecular complexity index is 1260. The molecule has 0 fully saturated rings. The molecule has 6 nitrogen and oxygen atoms in total. The Morgan fingerprint density at radius 1 is 1.09 bits per heavy atom. The molecule has 4 aromatic rings. The van der Waals surface area contributed by atoms with E-state index in [9.17, 15) is 4.79 Å². The quantitative estimate of drug-likeness (QED) is 0.300. The Balaban J connectivity index is 1.55. The number of nitrogens with one attached hydrogen (secondary N) is 2. The van der Waals surface area contributed by atoms with Crippen molar-refractivity contribution in [2.45, 2.75) is 11.3 Å². The molecule has 0 saturated carbocycles. The van der Waals surface area contributed by atoms with Crippen LogP contribution in [0.3, 0.4) is 0 Å². The van der Waals surface area contributed by atoms with E-state index in [0.29, 0.717) is 16.5 Å². The summed E-state index contributed by atoms with van der Waals surface area (Å²) in [6, 6.07) is 20.6. The summed E-state index contributed by atoms with van der Waals surface area (Å²) >= 11 is 7.29. The van der Waals surface area contributed by atoms with Crippen molar-refractivity contribution in [1.29, 1.82) is 0 Å². The van der Waals surface area contributed by atoms with Crippen molar-refractivity contribution in [3.63, 3.8) is 0 Å². The fourth-order valence-corrected chi connectivity index (χ4v) is 4.00. The molecule has 0 atom stereocenters. The van der Waals surface area contributed by atoms with Crippen molar-refractivity contribution < 1.29 is 9.53 Å². The number of methoxy groups -OCH3 is 1. The third-order valence-electron chi connectivity index (χ3n) is 4.88. The van der Waals surface area contributed by atoms with Crippen LogP contribution in [0.15, 0.2) is 77.8 Å². The lowest BCUT2D eigenvalue weighted by molar-refractivity contribution is -0.115. The molecule has 0 aliphatic carbocycles. The number of pyridine rings is 1. The molecule has 32 heavy (non-hydrogen) atoms. The highest BCUT2D eigenvalue weighted by atomic mass is 35.5. The lowest BCUT2D eigenvalue weighted by Crippen LogP contribution is -2.14. The van der Waals surface area contributed by atoms with Crippen molar-refractivity contribution in [2.75, 3.05) is 17.7 Å². The Kier molecular flexibility index (Phi) is 6.80. The summed E-state index contributed by atoms with van der Waals surface area (Å²) in [4.78, 5) is 17.9. The van der Waals surface area contributed by atoms with Gasteiger partial charge in [-0.15, -0.1) is 0 Å². The van der Waals surface area contributed by atoms with Gasteiger partial charge in [-0.3, -0.25) is 9.93 Å². The third-order valence-corrected chi connectivity index (χ3v) is 5.84.